The number of benzene rings is 6. The van der Waals surface area contributed by atoms with Crippen molar-refractivity contribution in [3.8, 4) is 11.5 Å². The average molecular weight is 937 g/mol. The van der Waals surface area contributed by atoms with Gasteiger partial charge >= 0.3 is 0 Å². The van der Waals surface area contributed by atoms with Gasteiger partial charge in [0.1, 0.15) is 23.6 Å². The second-order valence-corrected chi connectivity index (χ2v) is 17.9. The first kappa shape index (κ1) is 50.2. The Labute approximate surface area is 413 Å². The fraction of sp³-hybridized carbons (Fsp3) is 0.267. The molecule has 360 valence electrons. The van der Waals surface area contributed by atoms with Crippen LogP contribution in [0.2, 0.25) is 0 Å². The minimum Gasteiger partial charge on any atom is -0.490 e. The number of fused-ring (bicyclic) bond motifs is 2. The summed E-state index contributed by atoms with van der Waals surface area (Å²) in [5.74, 6) is 0.207. The van der Waals surface area contributed by atoms with E-state index in [1.54, 1.807) is 36.0 Å². The number of likely N-dealkylation sites (N-methyl/N-ethyl adjacent to an activating group) is 2. The Morgan fingerprint density at radius 3 is 1.11 bits per heavy atom. The quantitative estimate of drug-likeness (QED) is 0.161. The first-order valence-corrected chi connectivity index (χ1v) is 24.2. The lowest BCUT2D eigenvalue weighted by Gasteiger charge is -2.30. The smallest absolute Gasteiger partial charge is 0.258 e. The van der Waals surface area contributed by atoms with Crippen molar-refractivity contribution >= 4 is 23.6 Å². The van der Waals surface area contributed by atoms with Gasteiger partial charge in [0, 0.05) is 39.8 Å². The third-order valence-electron chi connectivity index (χ3n) is 12.7. The van der Waals surface area contributed by atoms with E-state index in [-0.39, 0.29) is 47.9 Å². The van der Waals surface area contributed by atoms with E-state index in [0.29, 0.717) is 61.2 Å². The maximum Gasteiger partial charge on any atom is 0.258 e. The molecule has 0 aromatic heterocycles. The van der Waals surface area contributed by atoms with E-state index in [1.165, 1.54) is 0 Å². The summed E-state index contributed by atoms with van der Waals surface area (Å²) in [7, 11) is 3.39. The highest BCUT2D eigenvalue weighted by Gasteiger charge is 2.33. The summed E-state index contributed by atoms with van der Waals surface area (Å²) in [6.45, 7) is 3.99. The molecule has 0 bridgehead atoms. The van der Waals surface area contributed by atoms with Gasteiger partial charge in [-0.3, -0.25) is 19.2 Å². The molecule has 0 saturated heterocycles. The van der Waals surface area contributed by atoms with Crippen molar-refractivity contribution in [2.24, 2.45) is 0 Å². The zero-order valence-electron chi connectivity index (χ0n) is 40.5. The molecule has 2 N–H and O–H groups in total. The first-order chi connectivity index (χ1) is 34.0. The van der Waals surface area contributed by atoms with Gasteiger partial charge in [0.25, 0.3) is 11.8 Å². The van der Waals surface area contributed by atoms with Gasteiger partial charge in [-0.15, -0.1) is 0 Å². The molecule has 8 rings (SSSR count). The fourth-order valence-corrected chi connectivity index (χ4v) is 8.67. The van der Waals surface area contributed by atoms with Gasteiger partial charge in [0.05, 0.1) is 35.4 Å². The number of amides is 4. The van der Waals surface area contributed by atoms with Crippen LogP contribution in [0.15, 0.2) is 194 Å². The number of para-hydroxylation sites is 2. The van der Waals surface area contributed by atoms with E-state index >= 15 is 0 Å². The highest BCUT2D eigenvalue weighted by atomic mass is 16.5. The number of nitrogens with zero attached hydrogens (tertiary/aromatic N) is 2. The zero-order chi connectivity index (χ0) is 49.2. The van der Waals surface area contributed by atoms with Crippen LogP contribution in [-0.2, 0) is 22.4 Å². The molecule has 6 aromatic carbocycles. The maximum atomic E-state index is 13.7. The number of carbonyl (C=O) groups excluding carboxylic acids is 4. The van der Waals surface area contributed by atoms with Crippen molar-refractivity contribution in [2.75, 3.05) is 14.1 Å². The molecule has 2 aliphatic heterocycles. The van der Waals surface area contributed by atoms with Crippen LogP contribution in [-0.4, -0.2) is 71.8 Å². The molecule has 6 atom stereocenters. The van der Waals surface area contributed by atoms with Crippen LogP contribution in [0, 0.1) is 0 Å². The third kappa shape index (κ3) is 13.7. The van der Waals surface area contributed by atoms with Crippen molar-refractivity contribution in [3.05, 3.63) is 228 Å². The topological polar surface area (TPSA) is 117 Å². The molecule has 6 aromatic rings. The minimum absolute atomic E-state index is 0.0988. The third-order valence-corrected chi connectivity index (χ3v) is 12.7. The fourth-order valence-electron chi connectivity index (χ4n) is 8.67. The van der Waals surface area contributed by atoms with E-state index in [4.69, 9.17) is 9.47 Å². The van der Waals surface area contributed by atoms with Crippen molar-refractivity contribution in [1.82, 2.24) is 20.4 Å². The van der Waals surface area contributed by atoms with E-state index in [2.05, 4.69) is 34.9 Å². The lowest BCUT2D eigenvalue weighted by Crippen LogP contribution is -2.49. The molecule has 2 heterocycles. The monoisotopic (exact) mass is 936 g/mol. The molecule has 4 amide bonds. The van der Waals surface area contributed by atoms with Crippen LogP contribution >= 0.6 is 0 Å². The van der Waals surface area contributed by atoms with Gasteiger partial charge in [-0.1, -0.05) is 170 Å². The molecule has 0 spiro atoms. The van der Waals surface area contributed by atoms with E-state index in [1.807, 2.05) is 172 Å². The van der Waals surface area contributed by atoms with E-state index < -0.39 is 12.1 Å². The van der Waals surface area contributed by atoms with E-state index in [0.717, 1.165) is 22.3 Å². The summed E-state index contributed by atoms with van der Waals surface area (Å²) < 4.78 is 12.3. The molecule has 0 radical (unpaired) electrons. The molecule has 0 unspecified atom stereocenters. The van der Waals surface area contributed by atoms with Gasteiger partial charge in [-0.05, 0) is 73.2 Å². The first-order valence-electron chi connectivity index (χ1n) is 24.2. The number of rotatable bonds is 6. The molecule has 2 aliphatic rings. The van der Waals surface area contributed by atoms with Crippen molar-refractivity contribution in [1.29, 1.82) is 0 Å². The SMILES string of the molecule is C[C@H]1C/C=C/C[C@@H](c2ccccc2)NC(=O)[C@@H](Cc2ccccc2)N(C)C(=O)c2ccccc2O1.C[C@H]1C/C=C\C[C@@H](c2ccccc2)NC(=O)[C@@H](Cc2ccccc2)N(C)C(=O)c2ccccc2O1. The Hall–Kier alpha value is -7.72. The highest BCUT2D eigenvalue weighted by Crippen LogP contribution is 2.27. The van der Waals surface area contributed by atoms with Crippen molar-refractivity contribution in [2.45, 2.75) is 88.7 Å². The van der Waals surface area contributed by atoms with Crippen LogP contribution in [0.5, 0.6) is 11.5 Å². The van der Waals surface area contributed by atoms with E-state index in [9.17, 15) is 19.2 Å². The lowest BCUT2D eigenvalue weighted by atomic mass is 9.99. The number of hydrogen-bond donors (Lipinski definition) is 2. The number of nitrogens with one attached hydrogen (secondary N) is 2. The molecular formula is C60H64N4O6. The summed E-state index contributed by atoms with van der Waals surface area (Å²) in [5, 5.41) is 6.46. The Bertz CT molecular complexity index is 2510. The van der Waals surface area contributed by atoms with Crippen LogP contribution in [0.1, 0.15) is 94.6 Å². The van der Waals surface area contributed by atoms with Gasteiger partial charge in [0.2, 0.25) is 11.8 Å². The molecule has 10 nitrogen and oxygen atoms in total. The Kier molecular flexibility index (Phi) is 18.0. The Morgan fingerprint density at radius 1 is 0.429 bits per heavy atom. The molecule has 0 saturated carbocycles. The highest BCUT2D eigenvalue weighted by molar-refractivity contribution is 6.00. The van der Waals surface area contributed by atoms with Gasteiger partial charge in [-0.25, -0.2) is 0 Å². The predicted molar refractivity (Wildman–Crippen MR) is 277 cm³/mol. The largest absolute Gasteiger partial charge is 0.490 e. The van der Waals surface area contributed by atoms with Crippen molar-refractivity contribution < 1.29 is 28.7 Å². The van der Waals surface area contributed by atoms with Gasteiger partial charge in [0.15, 0.2) is 0 Å². The van der Waals surface area contributed by atoms with Gasteiger partial charge < -0.3 is 29.9 Å². The van der Waals surface area contributed by atoms with Crippen LogP contribution in [0.25, 0.3) is 0 Å². The number of ether oxygens (including phenoxy) is 2. The molecule has 0 aliphatic carbocycles. The lowest BCUT2D eigenvalue weighted by molar-refractivity contribution is -0.126. The summed E-state index contributed by atoms with van der Waals surface area (Å²) >= 11 is 0. The zero-order valence-corrected chi connectivity index (χ0v) is 40.5. The second-order valence-electron chi connectivity index (χ2n) is 17.9. The van der Waals surface area contributed by atoms with Crippen LogP contribution in [0.3, 0.4) is 0 Å². The normalized spacial score (nSPS) is 22.3. The van der Waals surface area contributed by atoms with Crippen LogP contribution in [0.4, 0.5) is 0 Å². The number of hydrogen-bond acceptors (Lipinski definition) is 6. The van der Waals surface area contributed by atoms with Crippen LogP contribution < -0.4 is 20.1 Å². The standard InChI is InChI=1S/2C30H32N2O3/c2*1-22-13-9-11-19-26(24-16-7-4-8-17-24)31-29(33)27(21-23-14-5-3-6-15-23)32(2)30(34)25-18-10-12-20-28(25)35-22/h2*3-12,14-18,20,22,26-27H,13,19,21H2,1-2H3,(H,31,33)/b11-9+;11-9-/t2*22-,26-,27+/m00/s1. The summed E-state index contributed by atoms with van der Waals surface area (Å²) in [4.78, 5) is 57.9. The van der Waals surface area contributed by atoms with Gasteiger partial charge in [-0.2, -0.15) is 0 Å². The Morgan fingerprint density at radius 2 is 0.743 bits per heavy atom. The summed E-state index contributed by atoms with van der Waals surface area (Å²) in [6, 6.07) is 52.2. The predicted octanol–water partition coefficient (Wildman–Crippen LogP) is 10.7. The summed E-state index contributed by atoms with van der Waals surface area (Å²) in [5.41, 5.74) is 4.94. The maximum absolute atomic E-state index is 13.7. The average Bonchev–Trinajstić information content (AvgIpc) is 3.39. The summed E-state index contributed by atoms with van der Waals surface area (Å²) in [6.07, 6.45) is 11.7. The molecule has 70 heavy (non-hydrogen) atoms. The second kappa shape index (κ2) is 25.1. The van der Waals surface area contributed by atoms with Crippen molar-refractivity contribution in [3.63, 3.8) is 0 Å². The number of carbonyl (C=O) groups is 4. The Balaban J connectivity index is 0.000000206. The minimum atomic E-state index is -0.687. The molecule has 0 fully saturated rings. The molecular weight excluding hydrogens is 873 g/mol. The molecule has 10 heteroatoms.